The third-order valence-electron chi connectivity index (χ3n) is 4.40. The molecule has 6 nitrogen and oxygen atoms in total. The summed E-state index contributed by atoms with van der Waals surface area (Å²) in [6.45, 7) is 11.9. The lowest BCUT2D eigenvalue weighted by Crippen LogP contribution is -2.38. The average Bonchev–Trinajstić information content (AvgIpc) is 2.72. The van der Waals surface area contributed by atoms with Crippen molar-refractivity contribution in [1.82, 2.24) is 14.1 Å². The minimum atomic E-state index is -3.61. The zero-order valence-corrected chi connectivity index (χ0v) is 15.7. The molecule has 0 unspecified atom stereocenters. The second kappa shape index (κ2) is 6.02. The monoisotopic (exact) mass is 341 g/mol. The number of rotatable bonds is 2. The Labute approximate surface area is 138 Å². The Balaban J connectivity index is 2.44. The number of aryl methyl sites for hydroxylation is 1. The molecule has 1 fully saturated rings. The van der Waals surface area contributed by atoms with E-state index in [1.165, 1.54) is 8.99 Å². The van der Waals surface area contributed by atoms with Crippen LogP contribution in [-0.4, -0.2) is 41.5 Å². The molecule has 0 spiro atoms. The number of hydrogen-bond acceptors (Lipinski definition) is 4. The van der Waals surface area contributed by atoms with Gasteiger partial charge in [-0.25, -0.2) is 13.1 Å². The molecule has 0 saturated carbocycles. The van der Waals surface area contributed by atoms with Crippen LogP contribution in [0.2, 0.25) is 0 Å². The molecule has 2 heterocycles. The summed E-state index contributed by atoms with van der Waals surface area (Å²) in [6, 6.07) is 0. The first-order valence-corrected chi connectivity index (χ1v) is 9.51. The van der Waals surface area contributed by atoms with Gasteiger partial charge in [-0.3, -0.25) is 4.79 Å². The van der Waals surface area contributed by atoms with Crippen molar-refractivity contribution < 1.29 is 13.2 Å². The lowest BCUT2D eigenvalue weighted by molar-refractivity contribution is 0.0745. The summed E-state index contributed by atoms with van der Waals surface area (Å²) < 4.78 is 28.7. The molecule has 130 valence electrons. The molecular formula is C16H27N3O3S. The molecule has 0 aliphatic carbocycles. The number of nitrogens with zero attached hydrogens (tertiary/aromatic N) is 3. The molecule has 2 rings (SSSR count). The van der Waals surface area contributed by atoms with E-state index in [0.717, 1.165) is 12.8 Å². The highest BCUT2D eigenvalue weighted by Crippen LogP contribution is 2.29. The fourth-order valence-corrected chi connectivity index (χ4v) is 4.70. The number of hydrogen-bond donors (Lipinski definition) is 0. The van der Waals surface area contributed by atoms with Gasteiger partial charge < -0.3 is 0 Å². The summed E-state index contributed by atoms with van der Waals surface area (Å²) in [5.74, 6) is 0.348. The standard InChI is InChI=1S/C16H27N3O3S/c1-11-7-9-18(10-8-11)23(21,22)14-12(2)17-19(13(14)3)15(20)16(4,5)6/h11H,7-10H2,1-6H3. The molecule has 1 aliphatic rings. The van der Waals surface area contributed by atoms with E-state index < -0.39 is 15.4 Å². The lowest BCUT2D eigenvalue weighted by atomic mass is 9.96. The molecule has 1 aliphatic heterocycles. The number of carbonyl (C=O) groups excluding carboxylic acids is 1. The molecule has 0 N–H and O–H groups in total. The highest BCUT2D eigenvalue weighted by atomic mass is 32.2. The first kappa shape index (κ1) is 18.1. The van der Waals surface area contributed by atoms with Crippen molar-refractivity contribution in [2.75, 3.05) is 13.1 Å². The van der Waals surface area contributed by atoms with Crippen molar-refractivity contribution in [1.29, 1.82) is 0 Å². The minimum absolute atomic E-state index is 0.185. The van der Waals surface area contributed by atoms with Crippen molar-refractivity contribution in [3.8, 4) is 0 Å². The third-order valence-corrected chi connectivity index (χ3v) is 6.55. The van der Waals surface area contributed by atoms with E-state index in [0.29, 0.717) is 30.4 Å². The number of piperidine rings is 1. The van der Waals surface area contributed by atoms with E-state index in [9.17, 15) is 13.2 Å². The van der Waals surface area contributed by atoms with Gasteiger partial charge >= 0.3 is 0 Å². The maximum atomic E-state index is 13.0. The van der Waals surface area contributed by atoms with Gasteiger partial charge in [0.05, 0.1) is 11.4 Å². The van der Waals surface area contributed by atoms with E-state index in [2.05, 4.69) is 12.0 Å². The average molecular weight is 341 g/mol. The van der Waals surface area contributed by atoms with Crippen molar-refractivity contribution >= 4 is 15.9 Å². The van der Waals surface area contributed by atoms with Gasteiger partial charge in [0.25, 0.3) is 5.91 Å². The molecular weight excluding hydrogens is 314 g/mol. The summed E-state index contributed by atoms with van der Waals surface area (Å²) in [7, 11) is -3.61. The molecule has 23 heavy (non-hydrogen) atoms. The Morgan fingerprint density at radius 1 is 1.17 bits per heavy atom. The Hall–Kier alpha value is -1.21. The van der Waals surface area contributed by atoms with Crippen LogP contribution in [0.4, 0.5) is 0 Å². The van der Waals surface area contributed by atoms with Crippen LogP contribution in [-0.2, 0) is 10.0 Å². The van der Waals surface area contributed by atoms with Crippen LogP contribution < -0.4 is 0 Å². The van der Waals surface area contributed by atoms with E-state index >= 15 is 0 Å². The molecule has 1 saturated heterocycles. The Morgan fingerprint density at radius 2 is 1.70 bits per heavy atom. The van der Waals surface area contributed by atoms with Crippen LogP contribution in [0.5, 0.6) is 0 Å². The SMILES string of the molecule is Cc1nn(C(=O)C(C)(C)C)c(C)c1S(=O)(=O)N1CCC(C)CC1. The summed E-state index contributed by atoms with van der Waals surface area (Å²) in [5.41, 5.74) is 0.171. The first-order chi connectivity index (χ1) is 10.5. The minimum Gasteiger partial charge on any atom is -0.272 e. The summed E-state index contributed by atoms with van der Waals surface area (Å²) in [4.78, 5) is 12.7. The number of sulfonamides is 1. The molecule has 0 atom stereocenters. The van der Waals surface area contributed by atoms with Crippen molar-refractivity contribution in [2.45, 2.75) is 59.3 Å². The Morgan fingerprint density at radius 3 is 2.17 bits per heavy atom. The van der Waals surface area contributed by atoms with Gasteiger partial charge in [-0.15, -0.1) is 0 Å². The molecule has 0 bridgehead atoms. The van der Waals surface area contributed by atoms with Crippen LogP contribution in [0.15, 0.2) is 4.90 Å². The largest absolute Gasteiger partial charge is 0.272 e. The molecule has 1 aromatic rings. The fourth-order valence-electron chi connectivity index (χ4n) is 2.87. The molecule has 1 aromatic heterocycles. The van der Waals surface area contributed by atoms with Gasteiger partial charge in [0.2, 0.25) is 10.0 Å². The maximum absolute atomic E-state index is 13.0. The molecule has 0 amide bonds. The second-order valence-corrected chi connectivity index (χ2v) is 9.43. The van der Waals surface area contributed by atoms with E-state index in [1.807, 2.05) is 0 Å². The molecule has 0 aromatic carbocycles. The first-order valence-electron chi connectivity index (χ1n) is 8.07. The van der Waals surface area contributed by atoms with Crippen molar-refractivity contribution in [3.05, 3.63) is 11.4 Å². The van der Waals surface area contributed by atoms with E-state index in [4.69, 9.17) is 0 Å². The van der Waals surface area contributed by atoms with Crippen LogP contribution in [0.25, 0.3) is 0 Å². The smallest absolute Gasteiger partial charge is 0.252 e. The van der Waals surface area contributed by atoms with Gasteiger partial charge in [0, 0.05) is 18.5 Å². The van der Waals surface area contributed by atoms with Gasteiger partial charge in [-0.05, 0) is 32.6 Å². The number of aromatic nitrogens is 2. The predicted octanol–water partition coefficient (Wildman–Crippen LogP) is 2.61. The lowest BCUT2D eigenvalue weighted by Gasteiger charge is -2.29. The fraction of sp³-hybridized carbons (Fsp3) is 0.750. The zero-order chi connectivity index (χ0) is 17.6. The van der Waals surface area contributed by atoms with Crippen LogP contribution in [0.1, 0.15) is 56.7 Å². The van der Waals surface area contributed by atoms with E-state index in [-0.39, 0.29) is 10.8 Å². The highest BCUT2D eigenvalue weighted by Gasteiger charge is 2.35. The molecule has 0 radical (unpaired) electrons. The Bertz CT molecular complexity index is 706. The summed E-state index contributed by atoms with van der Waals surface area (Å²) in [6.07, 6.45) is 1.73. The predicted molar refractivity (Wildman–Crippen MR) is 88.9 cm³/mol. The van der Waals surface area contributed by atoms with Crippen LogP contribution in [0, 0.1) is 25.2 Å². The van der Waals surface area contributed by atoms with Gasteiger partial charge in [0.15, 0.2) is 0 Å². The summed E-state index contributed by atoms with van der Waals surface area (Å²) in [5, 5.41) is 4.21. The quantitative estimate of drug-likeness (QED) is 0.829. The van der Waals surface area contributed by atoms with Crippen LogP contribution >= 0.6 is 0 Å². The molecule has 7 heteroatoms. The normalized spacial score (nSPS) is 18.3. The second-order valence-electron chi connectivity index (χ2n) is 7.55. The van der Waals surface area contributed by atoms with Crippen LogP contribution in [0.3, 0.4) is 0 Å². The maximum Gasteiger partial charge on any atom is 0.252 e. The van der Waals surface area contributed by atoms with Crippen molar-refractivity contribution in [3.63, 3.8) is 0 Å². The Kier molecular flexibility index (Phi) is 4.74. The van der Waals surface area contributed by atoms with Gasteiger partial charge in [-0.1, -0.05) is 27.7 Å². The van der Waals surface area contributed by atoms with E-state index in [1.54, 1.807) is 34.6 Å². The third kappa shape index (κ3) is 3.35. The summed E-state index contributed by atoms with van der Waals surface area (Å²) >= 11 is 0. The topological polar surface area (TPSA) is 72.3 Å². The van der Waals surface area contributed by atoms with Crippen molar-refractivity contribution in [2.24, 2.45) is 11.3 Å². The van der Waals surface area contributed by atoms with Gasteiger partial charge in [-0.2, -0.15) is 9.40 Å². The highest BCUT2D eigenvalue weighted by molar-refractivity contribution is 7.89. The zero-order valence-electron chi connectivity index (χ0n) is 14.9. The number of carbonyl (C=O) groups is 1. The van der Waals surface area contributed by atoms with Gasteiger partial charge in [0.1, 0.15) is 4.90 Å².